The van der Waals surface area contributed by atoms with Crippen LogP contribution in [0.3, 0.4) is 0 Å². The predicted octanol–water partition coefficient (Wildman–Crippen LogP) is 3.26. The Morgan fingerprint density at radius 1 is 1.28 bits per heavy atom. The minimum absolute atomic E-state index is 0.514. The van der Waals surface area contributed by atoms with E-state index in [-0.39, 0.29) is 0 Å². The van der Waals surface area contributed by atoms with Gasteiger partial charge in [-0.3, -0.25) is 0 Å². The molecule has 1 aliphatic heterocycles. The van der Waals surface area contributed by atoms with Crippen molar-refractivity contribution in [1.29, 1.82) is 0 Å². The minimum Gasteiger partial charge on any atom is -0.313 e. The monoisotopic (exact) mass is 246 g/mol. The number of hydrogen-bond acceptors (Lipinski definition) is 2. The summed E-state index contributed by atoms with van der Waals surface area (Å²) in [5.41, 5.74) is 1.43. The summed E-state index contributed by atoms with van der Waals surface area (Å²) < 4.78 is 0. The van der Waals surface area contributed by atoms with E-state index < -0.39 is 0 Å². The van der Waals surface area contributed by atoms with E-state index in [1.807, 2.05) is 0 Å². The molecule has 1 heterocycles. The first-order chi connectivity index (χ1) is 8.90. The lowest BCUT2D eigenvalue weighted by molar-refractivity contribution is 0.360. The maximum Gasteiger partial charge on any atom is 0.0320 e. The number of nitrogens with one attached hydrogen (secondary N) is 2. The Morgan fingerprint density at radius 2 is 2.11 bits per heavy atom. The van der Waals surface area contributed by atoms with Gasteiger partial charge in [0.15, 0.2) is 0 Å². The molecule has 100 valence electrons. The Hall–Kier alpha value is -0.860. The second-order valence-corrected chi connectivity index (χ2v) is 5.31. The Balaban J connectivity index is 1.86. The van der Waals surface area contributed by atoms with Gasteiger partial charge in [0.05, 0.1) is 0 Å². The van der Waals surface area contributed by atoms with Gasteiger partial charge in [0.25, 0.3) is 0 Å². The van der Waals surface area contributed by atoms with Crippen LogP contribution in [0, 0.1) is 0 Å². The summed E-state index contributed by atoms with van der Waals surface area (Å²) in [5.74, 6) is 0. The van der Waals surface area contributed by atoms with Gasteiger partial charge in [-0.05, 0) is 31.4 Å². The Morgan fingerprint density at radius 3 is 2.78 bits per heavy atom. The zero-order valence-corrected chi connectivity index (χ0v) is 11.5. The highest BCUT2D eigenvalue weighted by molar-refractivity contribution is 5.18. The minimum atomic E-state index is 0.514. The third kappa shape index (κ3) is 4.11. The SMILES string of the molecule is CCCC(NCC1CCCCN1)c1ccccc1. The zero-order chi connectivity index (χ0) is 12.6. The van der Waals surface area contributed by atoms with E-state index in [1.54, 1.807) is 0 Å². The molecule has 1 fully saturated rings. The van der Waals surface area contributed by atoms with Crippen molar-refractivity contribution in [2.45, 2.75) is 51.1 Å². The van der Waals surface area contributed by atoms with Crippen LogP contribution in [-0.2, 0) is 0 Å². The van der Waals surface area contributed by atoms with Crippen LogP contribution in [0.5, 0.6) is 0 Å². The van der Waals surface area contributed by atoms with Crippen LogP contribution in [0.15, 0.2) is 30.3 Å². The Labute approximate surface area is 111 Å². The quantitative estimate of drug-likeness (QED) is 0.805. The molecule has 1 aliphatic rings. The third-order valence-electron chi connectivity index (χ3n) is 3.80. The lowest BCUT2D eigenvalue weighted by Crippen LogP contribution is -2.42. The van der Waals surface area contributed by atoms with Crippen molar-refractivity contribution in [3.8, 4) is 0 Å². The summed E-state index contributed by atoms with van der Waals surface area (Å²) in [4.78, 5) is 0. The first kappa shape index (κ1) is 13.6. The molecule has 18 heavy (non-hydrogen) atoms. The molecule has 0 radical (unpaired) electrons. The number of rotatable bonds is 6. The molecule has 1 aromatic rings. The summed E-state index contributed by atoms with van der Waals surface area (Å²) in [6, 6.07) is 12.0. The van der Waals surface area contributed by atoms with Gasteiger partial charge < -0.3 is 10.6 Å². The van der Waals surface area contributed by atoms with Crippen molar-refractivity contribution in [2.24, 2.45) is 0 Å². The molecular weight excluding hydrogens is 220 g/mol. The van der Waals surface area contributed by atoms with Gasteiger partial charge in [-0.25, -0.2) is 0 Å². The highest BCUT2D eigenvalue weighted by atomic mass is 15.0. The van der Waals surface area contributed by atoms with Crippen LogP contribution in [0.1, 0.15) is 50.6 Å². The van der Waals surface area contributed by atoms with Gasteiger partial charge in [0, 0.05) is 18.6 Å². The van der Waals surface area contributed by atoms with Crippen molar-refractivity contribution < 1.29 is 0 Å². The van der Waals surface area contributed by atoms with Gasteiger partial charge in [-0.2, -0.15) is 0 Å². The highest BCUT2D eigenvalue weighted by Gasteiger charge is 2.15. The van der Waals surface area contributed by atoms with E-state index in [0.717, 1.165) is 6.54 Å². The lowest BCUT2D eigenvalue weighted by atomic mass is 10.0. The van der Waals surface area contributed by atoms with Gasteiger partial charge in [0.2, 0.25) is 0 Å². The van der Waals surface area contributed by atoms with Crippen molar-refractivity contribution in [3.05, 3.63) is 35.9 Å². The molecule has 2 nitrogen and oxygen atoms in total. The summed E-state index contributed by atoms with van der Waals surface area (Å²) in [6.45, 7) is 4.55. The lowest BCUT2D eigenvalue weighted by Gasteiger charge is -2.27. The molecule has 0 bridgehead atoms. The molecule has 0 spiro atoms. The second kappa shape index (κ2) is 7.55. The molecule has 1 saturated heterocycles. The summed E-state index contributed by atoms with van der Waals surface area (Å²) in [7, 11) is 0. The van der Waals surface area contributed by atoms with Crippen LogP contribution >= 0.6 is 0 Å². The molecule has 2 rings (SSSR count). The van der Waals surface area contributed by atoms with Crippen LogP contribution < -0.4 is 10.6 Å². The molecule has 1 aromatic carbocycles. The van der Waals surface area contributed by atoms with Crippen LogP contribution in [-0.4, -0.2) is 19.1 Å². The second-order valence-electron chi connectivity index (χ2n) is 5.31. The molecule has 2 atom stereocenters. The first-order valence-electron chi connectivity index (χ1n) is 7.42. The molecule has 0 aliphatic carbocycles. The molecule has 0 amide bonds. The van der Waals surface area contributed by atoms with Crippen molar-refractivity contribution in [3.63, 3.8) is 0 Å². The van der Waals surface area contributed by atoms with Crippen LogP contribution in [0.25, 0.3) is 0 Å². The maximum atomic E-state index is 3.74. The summed E-state index contributed by atoms with van der Waals surface area (Å²) in [5, 5.41) is 7.35. The van der Waals surface area contributed by atoms with Crippen LogP contribution in [0.4, 0.5) is 0 Å². The van der Waals surface area contributed by atoms with E-state index >= 15 is 0 Å². The fraction of sp³-hybridized carbons (Fsp3) is 0.625. The molecule has 0 aromatic heterocycles. The average Bonchev–Trinajstić information content (AvgIpc) is 2.45. The third-order valence-corrected chi connectivity index (χ3v) is 3.80. The van der Waals surface area contributed by atoms with Crippen LogP contribution in [0.2, 0.25) is 0 Å². The molecule has 2 heteroatoms. The Kier molecular flexibility index (Phi) is 5.69. The average molecular weight is 246 g/mol. The fourth-order valence-corrected chi connectivity index (χ4v) is 2.74. The van der Waals surface area contributed by atoms with Crippen molar-refractivity contribution >= 4 is 0 Å². The van der Waals surface area contributed by atoms with E-state index in [1.165, 1.54) is 44.2 Å². The van der Waals surface area contributed by atoms with E-state index in [0.29, 0.717) is 12.1 Å². The predicted molar refractivity (Wildman–Crippen MR) is 77.7 cm³/mol. The normalized spacial score (nSPS) is 21.7. The summed E-state index contributed by atoms with van der Waals surface area (Å²) in [6.07, 6.45) is 6.48. The summed E-state index contributed by atoms with van der Waals surface area (Å²) >= 11 is 0. The first-order valence-corrected chi connectivity index (χ1v) is 7.42. The molecule has 2 N–H and O–H groups in total. The van der Waals surface area contributed by atoms with E-state index in [9.17, 15) is 0 Å². The topological polar surface area (TPSA) is 24.1 Å². The van der Waals surface area contributed by atoms with Crippen molar-refractivity contribution in [2.75, 3.05) is 13.1 Å². The van der Waals surface area contributed by atoms with Gasteiger partial charge >= 0.3 is 0 Å². The number of piperidine rings is 1. The van der Waals surface area contributed by atoms with E-state index in [4.69, 9.17) is 0 Å². The van der Waals surface area contributed by atoms with Crippen molar-refractivity contribution in [1.82, 2.24) is 10.6 Å². The largest absolute Gasteiger partial charge is 0.313 e. The fourth-order valence-electron chi connectivity index (χ4n) is 2.74. The molecule has 0 saturated carbocycles. The highest BCUT2D eigenvalue weighted by Crippen LogP contribution is 2.18. The van der Waals surface area contributed by atoms with Gasteiger partial charge in [-0.1, -0.05) is 50.1 Å². The zero-order valence-electron chi connectivity index (χ0n) is 11.5. The maximum absolute atomic E-state index is 3.74. The number of benzene rings is 1. The van der Waals surface area contributed by atoms with Gasteiger partial charge in [0.1, 0.15) is 0 Å². The molecular formula is C16H26N2. The van der Waals surface area contributed by atoms with Gasteiger partial charge in [-0.15, -0.1) is 0 Å². The molecule has 2 unspecified atom stereocenters. The van der Waals surface area contributed by atoms with E-state index in [2.05, 4.69) is 47.9 Å². The standard InChI is InChI=1S/C16H26N2/c1-2-8-16(14-9-4-3-5-10-14)18-13-15-11-6-7-12-17-15/h3-5,9-10,15-18H,2,6-8,11-13H2,1H3. The number of hydrogen-bond donors (Lipinski definition) is 2. The Bertz CT molecular complexity index is 317. The smallest absolute Gasteiger partial charge is 0.0320 e.